The molecule has 0 aliphatic carbocycles. The van der Waals surface area contributed by atoms with E-state index in [4.69, 9.17) is 0 Å². The van der Waals surface area contributed by atoms with Gasteiger partial charge in [0.15, 0.2) is 0 Å². The fourth-order valence-corrected chi connectivity index (χ4v) is 1.78. The molecular weight excluding hydrogens is 182 g/mol. The molecule has 1 aromatic rings. The first-order valence-corrected chi connectivity index (χ1v) is 6.08. The summed E-state index contributed by atoms with van der Waals surface area (Å²) in [5, 5.41) is 3.68. The van der Waals surface area contributed by atoms with Crippen LogP contribution in [0.2, 0.25) is 0 Å². The molecule has 0 unspecified atom stereocenters. The highest BCUT2D eigenvalue weighted by Crippen LogP contribution is 2.19. The van der Waals surface area contributed by atoms with E-state index in [-0.39, 0.29) is 0 Å². The van der Waals surface area contributed by atoms with Gasteiger partial charge < -0.3 is 5.32 Å². The fraction of sp³-hybridized carbons (Fsp3) is 0.571. The molecule has 0 aliphatic rings. The largest absolute Gasteiger partial charge is 0.307 e. The Morgan fingerprint density at radius 1 is 1.13 bits per heavy atom. The minimum Gasteiger partial charge on any atom is -0.307 e. The summed E-state index contributed by atoms with van der Waals surface area (Å²) in [6.07, 6.45) is 3.63. The normalized spacial score (nSPS) is 14.9. The summed E-state index contributed by atoms with van der Waals surface area (Å²) in [7, 11) is 0. The van der Waals surface area contributed by atoms with Crippen molar-refractivity contribution in [3.8, 4) is 0 Å². The lowest BCUT2D eigenvalue weighted by atomic mass is 10.0. The van der Waals surface area contributed by atoms with E-state index in [1.54, 1.807) is 0 Å². The van der Waals surface area contributed by atoms with E-state index >= 15 is 0 Å². The lowest BCUT2D eigenvalue weighted by Crippen LogP contribution is -2.29. The van der Waals surface area contributed by atoms with Crippen LogP contribution in [0.25, 0.3) is 0 Å². The summed E-state index contributed by atoms with van der Waals surface area (Å²) in [4.78, 5) is 0. The SMILES string of the molecule is CCC[C@H](N[C@@H](C)CC)c1ccccc1. The van der Waals surface area contributed by atoms with Gasteiger partial charge in [0.1, 0.15) is 0 Å². The lowest BCUT2D eigenvalue weighted by Gasteiger charge is -2.22. The Morgan fingerprint density at radius 2 is 1.80 bits per heavy atom. The van der Waals surface area contributed by atoms with E-state index in [2.05, 4.69) is 56.4 Å². The van der Waals surface area contributed by atoms with Crippen LogP contribution in [-0.4, -0.2) is 6.04 Å². The van der Waals surface area contributed by atoms with Crippen LogP contribution in [0.15, 0.2) is 30.3 Å². The van der Waals surface area contributed by atoms with Crippen molar-refractivity contribution in [2.75, 3.05) is 0 Å². The smallest absolute Gasteiger partial charge is 0.0322 e. The topological polar surface area (TPSA) is 12.0 Å². The summed E-state index contributed by atoms with van der Waals surface area (Å²) < 4.78 is 0. The van der Waals surface area contributed by atoms with E-state index in [0.29, 0.717) is 12.1 Å². The van der Waals surface area contributed by atoms with Gasteiger partial charge in [-0.25, -0.2) is 0 Å². The zero-order valence-corrected chi connectivity index (χ0v) is 10.2. The van der Waals surface area contributed by atoms with Crippen LogP contribution in [0.1, 0.15) is 51.6 Å². The molecule has 15 heavy (non-hydrogen) atoms. The van der Waals surface area contributed by atoms with Gasteiger partial charge in [-0.15, -0.1) is 0 Å². The standard InChI is InChI=1S/C14H23N/c1-4-9-14(15-12(3)5-2)13-10-7-6-8-11-13/h6-8,10-12,14-15H,4-5,9H2,1-3H3/t12-,14-/m0/s1. The predicted octanol–water partition coefficient (Wildman–Crippen LogP) is 3.92. The van der Waals surface area contributed by atoms with Crippen molar-refractivity contribution in [2.24, 2.45) is 0 Å². The second kappa shape index (κ2) is 6.62. The zero-order chi connectivity index (χ0) is 11.1. The van der Waals surface area contributed by atoms with Crippen LogP contribution in [0, 0.1) is 0 Å². The van der Waals surface area contributed by atoms with Crippen molar-refractivity contribution in [2.45, 2.75) is 52.1 Å². The molecule has 0 aliphatic heterocycles. The molecule has 1 aromatic carbocycles. The maximum atomic E-state index is 3.68. The molecule has 0 bridgehead atoms. The first kappa shape index (κ1) is 12.3. The first-order chi connectivity index (χ1) is 7.27. The molecular formula is C14H23N. The van der Waals surface area contributed by atoms with Gasteiger partial charge in [-0.1, -0.05) is 50.6 Å². The maximum absolute atomic E-state index is 3.68. The van der Waals surface area contributed by atoms with Crippen molar-refractivity contribution in [3.63, 3.8) is 0 Å². The molecule has 0 saturated carbocycles. The molecule has 0 amide bonds. The Balaban J connectivity index is 2.65. The summed E-state index contributed by atoms with van der Waals surface area (Å²) in [6, 6.07) is 11.9. The third-order valence-electron chi connectivity index (χ3n) is 2.88. The minimum absolute atomic E-state index is 0.520. The zero-order valence-electron chi connectivity index (χ0n) is 10.2. The Kier molecular flexibility index (Phi) is 5.41. The molecule has 0 saturated heterocycles. The van der Waals surface area contributed by atoms with Gasteiger partial charge in [0.2, 0.25) is 0 Å². The molecule has 0 radical (unpaired) electrons. The second-order valence-electron chi connectivity index (χ2n) is 4.23. The summed E-state index contributed by atoms with van der Waals surface area (Å²) in [5.74, 6) is 0. The molecule has 2 atom stereocenters. The van der Waals surface area contributed by atoms with Crippen LogP contribution in [0.4, 0.5) is 0 Å². The molecule has 84 valence electrons. The van der Waals surface area contributed by atoms with E-state index in [0.717, 1.165) is 0 Å². The Hall–Kier alpha value is -0.820. The van der Waals surface area contributed by atoms with Crippen molar-refractivity contribution >= 4 is 0 Å². The van der Waals surface area contributed by atoms with E-state index < -0.39 is 0 Å². The molecule has 0 fully saturated rings. The van der Waals surface area contributed by atoms with Gasteiger partial charge in [-0.3, -0.25) is 0 Å². The van der Waals surface area contributed by atoms with Crippen LogP contribution in [0.3, 0.4) is 0 Å². The first-order valence-electron chi connectivity index (χ1n) is 6.08. The summed E-state index contributed by atoms with van der Waals surface area (Å²) in [5.41, 5.74) is 1.42. The van der Waals surface area contributed by atoms with Gasteiger partial charge in [-0.2, -0.15) is 0 Å². The molecule has 1 N–H and O–H groups in total. The Morgan fingerprint density at radius 3 is 2.33 bits per heavy atom. The average Bonchev–Trinajstić information content (AvgIpc) is 2.29. The van der Waals surface area contributed by atoms with Crippen molar-refractivity contribution in [3.05, 3.63) is 35.9 Å². The van der Waals surface area contributed by atoms with Gasteiger partial charge >= 0.3 is 0 Å². The predicted molar refractivity (Wildman–Crippen MR) is 67.0 cm³/mol. The van der Waals surface area contributed by atoms with Crippen molar-refractivity contribution < 1.29 is 0 Å². The molecule has 0 aromatic heterocycles. The third-order valence-corrected chi connectivity index (χ3v) is 2.88. The van der Waals surface area contributed by atoms with Crippen molar-refractivity contribution in [1.82, 2.24) is 5.32 Å². The van der Waals surface area contributed by atoms with Crippen LogP contribution < -0.4 is 5.32 Å². The van der Waals surface area contributed by atoms with Gasteiger partial charge in [0, 0.05) is 12.1 Å². The van der Waals surface area contributed by atoms with Gasteiger partial charge in [0.25, 0.3) is 0 Å². The number of nitrogens with one attached hydrogen (secondary N) is 1. The monoisotopic (exact) mass is 205 g/mol. The highest BCUT2D eigenvalue weighted by Gasteiger charge is 2.11. The number of rotatable bonds is 6. The maximum Gasteiger partial charge on any atom is 0.0322 e. The van der Waals surface area contributed by atoms with E-state index in [1.807, 2.05) is 0 Å². The van der Waals surface area contributed by atoms with Crippen molar-refractivity contribution in [1.29, 1.82) is 0 Å². The highest BCUT2D eigenvalue weighted by molar-refractivity contribution is 5.18. The summed E-state index contributed by atoms with van der Waals surface area (Å²) in [6.45, 7) is 6.73. The van der Waals surface area contributed by atoms with E-state index in [9.17, 15) is 0 Å². The minimum atomic E-state index is 0.520. The second-order valence-corrected chi connectivity index (χ2v) is 4.23. The van der Waals surface area contributed by atoms with Gasteiger partial charge in [-0.05, 0) is 25.3 Å². The quantitative estimate of drug-likeness (QED) is 0.742. The molecule has 0 heterocycles. The molecule has 0 spiro atoms. The third kappa shape index (κ3) is 4.05. The number of hydrogen-bond donors (Lipinski definition) is 1. The summed E-state index contributed by atoms with van der Waals surface area (Å²) >= 11 is 0. The highest BCUT2D eigenvalue weighted by atomic mass is 14.9. The van der Waals surface area contributed by atoms with E-state index in [1.165, 1.54) is 24.8 Å². The van der Waals surface area contributed by atoms with Gasteiger partial charge in [0.05, 0.1) is 0 Å². The Labute approximate surface area is 93.9 Å². The molecule has 1 rings (SSSR count). The lowest BCUT2D eigenvalue weighted by molar-refractivity contribution is 0.423. The molecule has 1 nitrogen and oxygen atoms in total. The Bertz CT molecular complexity index is 255. The van der Waals surface area contributed by atoms with Crippen LogP contribution >= 0.6 is 0 Å². The van der Waals surface area contributed by atoms with Crippen LogP contribution in [-0.2, 0) is 0 Å². The molecule has 1 heteroatoms. The van der Waals surface area contributed by atoms with Crippen LogP contribution in [0.5, 0.6) is 0 Å². The number of hydrogen-bond acceptors (Lipinski definition) is 1. The average molecular weight is 205 g/mol. The number of benzene rings is 1. The fourth-order valence-electron chi connectivity index (χ4n) is 1.78.